The quantitative estimate of drug-likeness (QED) is 0.691. The standard InChI is InChI=1S/C24H32N2O3/c1-17(2)15-25-23(27)22(20-9-7-6-8-10-20)26(24(28)18(3)4)16-19-11-13-21(29-5)14-12-19/h6-14,17-18,22H,15-16H2,1-5H3,(H,25,27). The SMILES string of the molecule is COc1ccc(CN(C(=O)C(C)C)C(C(=O)NCC(C)C)c2ccccc2)cc1. The summed E-state index contributed by atoms with van der Waals surface area (Å²) in [6.07, 6.45) is 0. The maximum atomic E-state index is 13.2. The van der Waals surface area contributed by atoms with Crippen molar-refractivity contribution in [1.82, 2.24) is 10.2 Å². The van der Waals surface area contributed by atoms with Crippen LogP contribution in [0, 0.1) is 11.8 Å². The second-order valence-electron chi connectivity index (χ2n) is 7.92. The van der Waals surface area contributed by atoms with Crippen molar-refractivity contribution >= 4 is 11.8 Å². The van der Waals surface area contributed by atoms with E-state index in [1.165, 1.54) is 0 Å². The molecule has 0 aliphatic heterocycles. The van der Waals surface area contributed by atoms with E-state index in [0.717, 1.165) is 16.9 Å². The molecule has 0 aromatic heterocycles. The third-order valence-electron chi connectivity index (χ3n) is 4.65. The van der Waals surface area contributed by atoms with Crippen molar-refractivity contribution in [2.75, 3.05) is 13.7 Å². The fourth-order valence-corrected chi connectivity index (χ4v) is 3.07. The van der Waals surface area contributed by atoms with Crippen LogP contribution in [-0.2, 0) is 16.1 Å². The van der Waals surface area contributed by atoms with Crippen LogP contribution >= 0.6 is 0 Å². The predicted molar refractivity (Wildman–Crippen MR) is 115 cm³/mol. The fourth-order valence-electron chi connectivity index (χ4n) is 3.07. The van der Waals surface area contributed by atoms with Crippen molar-refractivity contribution in [3.05, 3.63) is 65.7 Å². The number of hydrogen-bond donors (Lipinski definition) is 1. The molecule has 0 spiro atoms. The molecule has 0 saturated heterocycles. The monoisotopic (exact) mass is 396 g/mol. The van der Waals surface area contributed by atoms with Crippen LogP contribution in [-0.4, -0.2) is 30.4 Å². The fraction of sp³-hybridized carbons (Fsp3) is 0.417. The van der Waals surface area contributed by atoms with E-state index < -0.39 is 6.04 Å². The number of benzene rings is 2. The molecule has 0 radical (unpaired) electrons. The van der Waals surface area contributed by atoms with E-state index in [1.807, 2.05) is 82.3 Å². The molecule has 2 amide bonds. The smallest absolute Gasteiger partial charge is 0.247 e. The Labute approximate surface area is 174 Å². The van der Waals surface area contributed by atoms with Crippen molar-refractivity contribution in [3.8, 4) is 5.75 Å². The van der Waals surface area contributed by atoms with E-state index in [0.29, 0.717) is 19.0 Å². The van der Waals surface area contributed by atoms with Crippen LogP contribution in [0.1, 0.15) is 44.9 Å². The van der Waals surface area contributed by atoms with Crippen molar-refractivity contribution in [3.63, 3.8) is 0 Å². The van der Waals surface area contributed by atoms with E-state index in [-0.39, 0.29) is 17.7 Å². The van der Waals surface area contributed by atoms with Gasteiger partial charge in [-0.1, -0.05) is 70.2 Å². The molecule has 0 saturated carbocycles. The Balaban J connectivity index is 2.41. The number of rotatable bonds is 9. The van der Waals surface area contributed by atoms with Gasteiger partial charge in [-0.2, -0.15) is 0 Å². The molecule has 2 aromatic carbocycles. The molecule has 0 aliphatic carbocycles. The Morgan fingerprint density at radius 2 is 1.59 bits per heavy atom. The van der Waals surface area contributed by atoms with Gasteiger partial charge in [0.05, 0.1) is 7.11 Å². The Bertz CT molecular complexity index is 786. The summed E-state index contributed by atoms with van der Waals surface area (Å²) in [4.78, 5) is 28.0. The normalized spacial score (nSPS) is 12.0. The summed E-state index contributed by atoms with van der Waals surface area (Å²) in [6, 6.07) is 16.4. The maximum Gasteiger partial charge on any atom is 0.247 e. The Kier molecular flexibility index (Phi) is 8.25. The molecule has 0 aliphatic rings. The van der Waals surface area contributed by atoms with Crippen molar-refractivity contribution in [2.45, 2.75) is 40.3 Å². The molecule has 5 heteroatoms. The first-order chi connectivity index (χ1) is 13.8. The van der Waals surface area contributed by atoms with Crippen LogP contribution in [0.4, 0.5) is 0 Å². The average Bonchev–Trinajstić information content (AvgIpc) is 2.72. The van der Waals surface area contributed by atoms with Gasteiger partial charge < -0.3 is 15.0 Å². The zero-order valence-electron chi connectivity index (χ0n) is 18.0. The van der Waals surface area contributed by atoms with Crippen LogP contribution in [0.2, 0.25) is 0 Å². The van der Waals surface area contributed by atoms with Crippen molar-refractivity contribution in [2.24, 2.45) is 11.8 Å². The molecule has 0 fully saturated rings. The topological polar surface area (TPSA) is 58.6 Å². The summed E-state index contributed by atoms with van der Waals surface area (Å²) in [5.74, 6) is 0.634. The van der Waals surface area contributed by atoms with Gasteiger partial charge in [0.1, 0.15) is 11.8 Å². The lowest BCUT2D eigenvalue weighted by Crippen LogP contribution is -2.45. The molecule has 0 heterocycles. The van der Waals surface area contributed by atoms with Crippen LogP contribution in [0.5, 0.6) is 5.75 Å². The van der Waals surface area contributed by atoms with Gasteiger partial charge in [-0.3, -0.25) is 9.59 Å². The Morgan fingerprint density at radius 3 is 2.10 bits per heavy atom. The molecule has 5 nitrogen and oxygen atoms in total. The number of carbonyl (C=O) groups is 2. The lowest BCUT2D eigenvalue weighted by molar-refractivity contribution is -0.144. The molecular formula is C24H32N2O3. The number of hydrogen-bond acceptors (Lipinski definition) is 3. The molecular weight excluding hydrogens is 364 g/mol. The zero-order valence-corrected chi connectivity index (χ0v) is 18.0. The first kappa shape index (κ1) is 22.5. The lowest BCUT2D eigenvalue weighted by atomic mass is 10.0. The maximum absolute atomic E-state index is 13.2. The van der Waals surface area contributed by atoms with Crippen LogP contribution in [0.25, 0.3) is 0 Å². The number of amides is 2. The molecule has 2 rings (SSSR count). The highest BCUT2D eigenvalue weighted by Gasteiger charge is 2.32. The van der Waals surface area contributed by atoms with Crippen molar-refractivity contribution < 1.29 is 14.3 Å². The molecule has 1 N–H and O–H groups in total. The van der Waals surface area contributed by atoms with Crippen LogP contribution in [0.15, 0.2) is 54.6 Å². The highest BCUT2D eigenvalue weighted by Crippen LogP contribution is 2.26. The van der Waals surface area contributed by atoms with Gasteiger partial charge in [-0.25, -0.2) is 0 Å². The van der Waals surface area contributed by atoms with Gasteiger partial charge in [0, 0.05) is 19.0 Å². The molecule has 156 valence electrons. The van der Waals surface area contributed by atoms with Gasteiger partial charge in [-0.15, -0.1) is 0 Å². The number of methoxy groups -OCH3 is 1. The first-order valence-electron chi connectivity index (χ1n) is 10.1. The number of nitrogens with one attached hydrogen (secondary N) is 1. The van der Waals surface area contributed by atoms with Gasteiger partial charge in [0.2, 0.25) is 11.8 Å². The van der Waals surface area contributed by atoms with Crippen LogP contribution < -0.4 is 10.1 Å². The van der Waals surface area contributed by atoms with E-state index in [4.69, 9.17) is 4.74 Å². The van der Waals surface area contributed by atoms with E-state index >= 15 is 0 Å². The third kappa shape index (κ3) is 6.34. The van der Waals surface area contributed by atoms with Gasteiger partial charge in [0.25, 0.3) is 0 Å². The van der Waals surface area contributed by atoms with Crippen LogP contribution in [0.3, 0.4) is 0 Å². The minimum Gasteiger partial charge on any atom is -0.497 e. The zero-order chi connectivity index (χ0) is 21.4. The molecule has 2 aromatic rings. The van der Waals surface area contributed by atoms with Gasteiger partial charge in [-0.05, 0) is 29.2 Å². The van der Waals surface area contributed by atoms with Crippen molar-refractivity contribution in [1.29, 1.82) is 0 Å². The summed E-state index contributed by atoms with van der Waals surface area (Å²) in [6.45, 7) is 8.72. The second kappa shape index (κ2) is 10.6. The number of nitrogens with zero attached hydrogens (tertiary/aromatic N) is 1. The van der Waals surface area contributed by atoms with Gasteiger partial charge in [0.15, 0.2) is 0 Å². The van der Waals surface area contributed by atoms with Gasteiger partial charge >= 0.3 is 0 Å². The first-order valence-corrected chi connectivity index (χ1v) is 10.1. The molecule has 0 bridgehead atoms. The summed E-state index contributed by atoms with van der Waals surface area (Å²) in [5.41, 5.74) is 1.74. The summed E-state index contributed by atoms with van der Waals surface area (Å²) >= 11 is 0. The summed E-state index contributed by atoms with van der Waals surface area (Å²) < 4.78 is 5.22. The van der Waals surface area contributed by atoms with E-state index in [9.17, 15) is 9.59 Å². The highest BCUT2D eigenvalue weighted by molar-refractivity contribution is 5.89. The lowest BCUT2D eigenvalue weighted by Gasteiger charge is -2.33. The predicted octanol–water partition coefficient (Wildman–Crippen LogP) is 4.19. The average molecular weight is 397 g/mol. The number of carbonyl (C=O) groups excluding carboxylic acids is 2. The molecule has 29 heavy (non-hydrogen) atoms. The van der Waals surface area contributed by atoms with E-state index in [2.05, 4.69) is 5.32 Å². The highest BCUT2D eigenvalue weighted by atomic mass is 16.5. The summed E-state index contributed by atoms with van der Waals surface area (Å²) in [7, 11) is 1.62. The third-order valence-corrected chi connectivity index (χ3v) is 4.65. The second-order valence-corrected chi connectivity index (χ2v) is 7.92. The largest absolute Gasteiger partial charge is 0.497 e. The Morgan fingerprint density at radius 1 is 0.966 bits per heavy atom. The summed E-state index contributed by atoms with van der Waals surface area (Å²) in [5, 5.41) is 3.01. The minimum atomic E-state index is -0.688. The molecule has 1 atom stereocenters. The molecule has 1 unspecified atom stereocenters. The van der Waals surface area contributed by atoms with E-state index in [1.54, 1.807) is 12.0 Å². The minimum absolute atomic E-state index is 0.0608. The number of ether oxygens (including phenoxy) is 1. The Hall–Kier alpha value is -2.82.